The number of rotatable bonds is 3. The molecule has 0 heterocycles. The summed E-state index contributed by atoms with van der Waals surface area (Å²) < 4.78 is 0. The van der Waals surface area contributed by atoms with Gasteiger partial charge in [0.05, 0.1) is 0 Å². The lowest BCUT2D eigenvalue weighted by Gasteiger charge is -2.10. The molecule has 2 aromatic rings. The molecule has 0 aromatic heterocycles. The molecule has 1 aliphatic rings. The summed E-state index contributed by atoms with van der Waals surface area (Å²) in [4.78, 5) is 11.7. The number of hydrogen-bond donors (Lipinski definition) is 0. The van der Waals surface area contributed by atoms with E-state index < -0.39 is 0 Å². The summed E-state index contributed by atoms with van der Waals surface area (Å²) >= 11 is 0. The van der Waals surface area contributed by atoms with Crippen LogP contribution in [0.15, 0.2) is 36.4 Å². The number of Topliss-reactive ketones (excluding diaryl/α,β-unsaturated/α-hetero) is 1. The van der Waals surface area contributed by atoms with Crippen molar-refractivity contribution in [1.29, 1.82) is 0 Å². The van der Waals surface area contributed by atoms with E-state index >= 15 is 0 Å². The summed E-state index contributed by atoms with van der Waals surface area (Å²) in [5.41, 5.74) is 7.51. The van der Waals surface area contributed by atoms with Crippen LogP contribution in [0, 0.1) is 0 Å². The first-order chi connectivity index (χ1) is 9.72. The van der Waals surface area contributed by atoms with Gasteiger partial charge < -0.3 is 0 Å². The maximum atomic E-state index is 11.7. The molecule has 0 spiro atoms. The fraction of sp³-hybridized carbons (Fsp3) is 0.316. The van der Waals surface area contributed by atoms with E-state index in [1.54, 1.807) is 0 Å². The highest BCUT2D eigenvalue weighted by Crippen LogP contribution is 2.29. The van der Waals surface area contributed by atoms with Crippen molar-refractivity contribution >= 4 is 5.78 Å². The lowest BCUT2D eigenvalue weighted by Crippen LogP contribution is -1.93. The largest absolute Gasteiger partial charge is 0.294 e. The third-order valence-corrected chi connectivity index (χ3v) is 4.33. The van der Waals surface area contributed by atoms with E-state index in [1.807, 2.05) is 6.07 Å². The highest BCUT2D eigenvalue weighted by atomic mass is 16.1. The van der Waals surface area contributed by atoms with E-state index in [1.165, 1.54) is 27.8 Å². The maximum Gasteiger partial charge on any atom is 0.163 e. The number of aryl methyl sites for hydroxylation is 3. The lowest BCUT2D eigenvalue weighted by molar-refractivity contribution is 0.0994. The Morgan fingerprint density at radius 3 is 2.30 bits per heavy atom. The van der Waals surface area contributed by atoms with Gasteiger partial charge >= 0.3 is 0 Å². The molecule has 0 amide bonds. The fourth-order valence-electron chi connectivity index (χ4n) is 3.11. The van der Waals surface area contributed by atoms with Crippen molar-refractivity contribution in [3.8, 4) is 11.1 Å². The minimum atomic E-state index is 0.294. The predicted octanol–water partition coefficient (Wildman–Crippen LogP) is 4.61. The predicted molar refractivity (Wildman–Crippen MR) is 83.3 cm³/mol. The second-order valence-corrected chi connectivity index (χ2v) is 5.49. The summed E-state index contributed by atoms with van der Waals surface area (Å²) in [6, 6.07) is 13.0. The Morgan fingerprint density at radius 2 is 1.55 bits per heavy atom. The fourth-order valence-corrected chi connectivity index (χ4v) is 3.11. The van der Waals surface area contributed by atoms with Crippen molar-refractivity contribution in [1.82, 2.24) is 0 Å². The Labute approximate surface area is 120 Å². The molecule has 3 rings (SSSR count). The van der Waals surface area contributed by atoms with Gasteiger partial charge in [0, 0.05) is 12.0 Å². The van der Waals surface area contributed by atoms with Crippen molar-refractivity contribution in [2.45, 2.75) is 39.5 Å². The highest BCUT2D eigenvalue weighted by molar-refractivity contribution is 6.00. The third kappa shape index (κ3) is 2.18. The zero-order chi connectivity index (χ0) is 14.1. The second kappa shape index (κ2) is 5.24. The SMILES string of the molecule is CCc1ccc(-c2ccc3c(c2)CCC3=O)cc1CC. The zero-order valence-corrected chi connectivity index (χ0v) is 12.2. The van der Waals surface area contributed by atoms with Gasteiger partial charge in [-0.25, -0.2) is 0 Å². The van der Waals surface area contributed by atoms with Gasteiger partial charge in [0.2, 0.25) is 0 Å². The molecule has 0 unspecified atom stereocenters. The molecule has 0 saturated carbocycles. The molecule has 1 nitrogen and oxygen atoms in total. The quantitative estimate of drug-likeness (QED) is 0.791. The topological polar surface area (TPSA) is 17.1 Å². The highest BCUT2D eigenvalue weighted by Gasteiger charge is 2.19. The van der Waals surface area contributed by atoms with Gasteiger partial charge in [0.25, 0.3) is 0 Å². The zero-order valence-electron chi connectivity index (χ0n) is 12.2. The Bertz CT molecular complexity index is 667. The first kappa shape index (κ1) is 13.1. The summed E-state index contributed by atoms with van der Waals surface area (Å²) in [7, 11) is 0. The Kier molecular flexibility index (Phi) is 3.43. The molecule has 0 fully saturated rings. The van der Waals surface area contributed by atoms with Crippen LogP contribution < -0.4 is 0 Å². The van der Waals surface area contributed by atoms with E-state index in [2.05, 4.69) is 44.2 Å². The molecule has 2 aromatic carbocycles. The molecule has 1 aliphatic carbocycles. The Hall–Kier alpha value is -1.89. The molecule has 0 bridgehead atoms. The molecule has 0 atom stereocenters. The number of hydrogen-bond acceptors (Lipinski definition) is 1. The van der Waals surface area contributed by atoms with Crippen molar-refractivity contribution in [3.05, 3.63) is 58.7 Å². The minimum absolute atomic E-state index is 0.294. The average Bonchev–Trinajstić information content (AvgIpc) is 2.87. The molecular formula is C19H20O. The summed E-state index contributed by atoms with van der Waals surface area (Å²) in [6.45, 7) is 4.41. The molecular weight excluding hydrogens is 244 g/mol. The first-order valence-electron chi connectivity index (χ1n) is 7.51. The molecule has 0 radical (unpaired) electrons. The normalized spacial score (nSPS) is 13.6. The van der Waals surface area contributed by atoms with Gasteiger partial charge in [0.15, 0.2) is 5.78 Å². The monoisotopic (exact) mass is 264 g/mol. The van der Waals surface area contributed by atoms with Crippen LogP contribution in [-0.2, 0) is 19.3 Å². The molecule has 0 saturated heterocycles. The molecule has 0 N–H and O–H groups in total. The van der Waals surface area contributed by atoms with Gasteiger partial charge in [0.1, 0.15) is 0 Å². The van der Waals surface area contributed by atoms with Crippen molar-refractivity contribution in [2.75, 3.05) is 0 Å². The lowest BCUT2D eigenvalue weighted by atomic mass is 9.95. The van der Waals surface area contributed by atoms with Crippen LogP contribution in [-0.4, -0.2) is 5.78 Å². The third-order valence-electron chi connectivity index (χ3n) is 4.33. The van der Waals surface area contributed by atoms with Gasteiger partial charge in [-0.05, 0) is 47.1 Å². The van der Waals surface area contributed by atoms with Crippen LogP contribution in [0.25, 0.3) is 11.1 Å². The van der Waals surface area contributed by atoms with Crippen LogP contribution in [0.4, 0.5) is 0 Å². The van der Waals surface area contributed by atoms with Crippen molar-refractivity contribution in [3.63, 3.8) is 0 Å². The summed E-state index contributed by atoms with van der Waals surface area (Å²) in [5, 5.41) is 0. The molecule has 0 aliphatic heterocycles. The number of carbonyl (C=O) groups excluding carboxylic acids is 1. The van der Waals surface area contributed by atoms with Crippen molar-refractivity contribution < 1.29 is 4.79 Å². The van der Waals surface area contributed by atoms with Crippen molar-refractivity contribution in [2.24, 2.45) is 0 Å². The smallest absolute Gasteiger partial charge is 0.163 e. The standard InChI is InChI=1S/C19H20O/c1-3-13-5-6-15(11-14(13)4-2)16-7-9-18-17(12-16)8-10-19(18)20/h5-7,9,11-12H,3-4,8,10H2,1-2H3. The van der Waals surface area contributed by atoms with E-state index in [0.717, 1.165) is 24.8 Å². The number of fused-ring (bicyclic) bond motifs is 1. The van der Waals surface area contributed by atoms with Crippen LogP contribution in [0.2, 0.25) is 0 Å². The van der Waals surface area contributed by atoms with Crippen LogP contribution in [0.1, 0.15) is 47.3 Å². The molecule has 1 heteroatoms. The summed E-state index contributed by atoms with van der Waals surface area (Å²) in [6.07, 6.45) is 3.73. The van der Waals surface area contributed by atoms with Gasteiger partial charge in [-0.3, -0.25) is 4.79 Å². The summed E-state index contributed by atoms with van der Waals surface area (Å²) in [5.74, 6) is 0.294. The number of ketones is 1. The van der Waals surface area contributed by atoms with Gasteiger partial charge in [-0.1, -0.05) is 50.2 Å². The number of benzene rings is 2. The molecule has 102 valence electrons. The van der Waals surface area contributed by atoms with Gasteiger partial charge in [-0.15, -0.1) is 0 Å². The van der Waals surface area contributed by atoms with E-state index in [-0.39, 0.29) is 0 Å². The maximum absolute atomic E-state index is 11.7. The van der Waals surface area contributed by atoms with Crippen LogP contribution in [0.3, 0.4) is 0 Å². The van der Waals surface area contributed by atoms with E-state index in [9.17, 15) is 4.79 Å². The number of carbonyl (C=O) groups is 1. The van der Waals surface area contributed by atoms with Gasteiger partial charge in [-0.2, -0.15) is 0 Å². The first-order valence-corrected chi connectivity index (χ1v) is 7.51. The van der Waals surface area contributed by atoms with E-state index in [4.69, 9.17) is 0 Å². The second-order valence-electron chi connectivity index (χ2n) is 5.49. The van der Waals surface area contributed by atoms with Crippen LogP contribution >= 0.6 is 0 Å². The Morgan fingerprint density at radius 1 is 0.850 bits per heavy atom. The average molecular weight is 264 g/mol. The minimum Gasteiger partial charge on any atom is -0.294 e. The van der Waals surface area contributed by atoms with E-state index in [0.29, 0.717) is 12.2 Å². The van der Waals surface area contributed by atoms with Crippen LogP contribution in [0.5, 0.6) is 0 Å². The molecule has 20 heavy (non-hydrogen) atoms. The Balaban J connectivity index is 2.03.